The zero-order valence-electron chi connectivity index (χ0n) is 14.3. The summed E-state index contributed by atoms with van der Waals surface area (Å²) in [5, 5.41) is 6.46. The summed E-state index contributed by atoms with van der Waals surface area (Å²) in [6.07, 6.45) is 5.76. The van der Waals surface area contributed by atoms with Crippen molar-refractivity contribution in [1.82, 2.24) is 20.2 Å². The Hall–Kier alpha value is -1.56. The molecule has 1 unspecified atom stereocenters. The normalized spacial score (nSPS) is 17.9. The summed E-state index contributed by atoms with van der Waals surface area (Å²) >= 11 is 0. The molecule has 0 aliphatic heterocycles. The lowest BCUT2D eigenvalue weighted by Gasteiger charge is -2.32. The van der Waals surface area contributed by atoms with Gasteiger partial charge in [-0.05, 0) is 46.5 Å². The van der Waals surface area contributed by atoms with Crippen molar-refractivity contribution >= 4 is 6.09 Å². The van der Waals surface area contributed by atoms with Crippen LogP contribution in [0.2, 0.25) is 0 Å². The third-order valence-electron chi connectivity index (χ3n) is 4.05. The minimum atomic E-state index is -0.472. The number of nitrogens with zero attached hydrogens (tertiary/aromatic N) is 2. The number of rotatable bonds is 6. The molecule has 0 spiro atoms. The molecule has 6 heteroatoms. The largest absolute Gasteiger partial charge is 0.444 e. The van der Waals surface area contributed by atoms with E-state index < -0.39 is 5.60 Å². The average molecular weight is 308 g/mol. The molecule has 1 aromatic rings. The van der Waals surface area contributed by atoms with Gasteiger partial charge in [-0.1, -0.05) is 0 Å². The Morgan fingerprint density at radius 1 is 1.41 bits per heavy atom. The van der Waals surface area contributed by atoms with Gasteiger partial charge in [-0.15, -0.1) is 0 Å². The fourth-order valence-corrected chi connectivity index (χ4v) is 2.49. The molecule has 22 heavy (non-hydrogen) atoms. The lowest BCUT2D eigenvalue weighted by atomic mass is 9.95. The van der Waals surface area contributed by atoms with E-state index in [0.717, 1.165) is 5.82 Å². The number of ether oxygens (including phenoxy) is 1. The van der Waals surface area contributed by atoms with E-state index >= 15 is 0 Å². The molecule has 0 bridgehead atoms. The molecule has 2 rings (SSSR count). The smallest absolute Gasteiger partial charge is 0.407 e. The van der Waals surface area contributed by atoms with Gasteiger partial charge in [0.25, 0.3) is 0 Å². The molecule has 1 saturated carbocycles. The van der Waals surface area contributed by atoms with E-state index in [1.165, 1.54) is 12.8 Å². The lowest BCUT2D eigenvalue weighted by Crippen LogP contribution is -2.53. The van der Waals surface area contributed by atoms with Crippen LogP contribution in [0, 0.1) is 5.92 Å². The third-order valence-corrected chi connectivity index (χ3v) is 4.05. The number of carbonyl (C=O) groups excluding carboxylic acids is 1. The van der Waals surface area contributed by atoms with E-state index in [1.807, 2.05) is 38.6 Å². The summed E-state index contributed by atoms with van der Waals surface area (Å²) < 4.78 is 7.31. The van der Waals surface area contributed by atoms with Crippen LogP contribution in [0.5, 0.6) is 0 Å². The first-order chi connectivity index (χ1) is 10.2. The number of nitrogens with one attached hydrogen (secondary N) is 2. The quantitative estimate of drug-likeness (QED) is 0.845. The second-order valence-corrected chi connectivity index (χ2v) is 7.36. The molecule has 1 fully saturated rings. The standard InChI is InChI=1S/C16H28N4O2/c1-15(2,3)22-14(21)18-11-16(4,12-6-7-12)19-10-13-17-8-9-20(13)5/h8-9,12,19H,6-7,10-11H2,1-5H3,(H,18,21). The number of aromatic nitrogens is 2. The molecule has 124 valence electrons. The van der Waals surface area contributed by atoms with Crippen LogP contribution in [0.25, 0.3) is 0 Å². The zero-order valence-corrected chi connectivity index (χ0v) is 14.3. The van der Waals surface area contributed by atoms with Crippen molar-refractivity contribution in [1.29, 1.82) is 0 Å². The van der Waals surface area contributed by atoms with E-state index in [0.29, 0.717) is 19.0 Å². The topological polar surface area (TPSA) is 68.2 Å². The Balaban J connectivity index is 1.88. The summed E-state index contributed by atoms with van der Waals surface area (Å²) in [6, 6.07) is 0. The van der Waals surface area contributed by atoms with E-state index in [-0.39, 0.29) is 11.6 Å². The van der Waals surface area contributed by atoms with Crippen LogP contribution < -0.4 is 10.6 Å². The molecule has 1 aliphatic rings. The number of imidazole rings is 1. The maximum Gasteiger partial charge on any atom is 0.407 e. The maximum absolute atomic E-state index is 11.9. The van der Waals surface area contributed by atoms with Crippen molar-refractivity contribution in [3.63, 3.8) is 0 Å². The van der Waals surface area contributed by atoms with E-state index in [4.69, 9.17) is 4.74 Å². The Kier molecular flexibility index (Phi) is 4.80. The molecular formula is C16H28N4O2. The minimum Gasteiger partial charge on any atom is -0.444 e. The van der Waals surface area contributed by atoms with Crippen LogP contribution in [0.3, 0.4) is 0 Å². The highest BCUT2D eigenvalue weighted by atomic mass is 16.6. The van der Waals surface area contributed by atoms with E-state index in [2.05, 4.69) is 22.5 Å². The molecule has 2 N–H and O–H groups in total. The van der Waals surface area contributed by atoms with Gasteiger partial charge in [0.1, 0.15) is 11.4 Å². The molecule has 1 atom stereocenters. The van der Waals surface area contributed by atoms with Crippen molar-refractivity contribution in [2.24, 2.45) is 13.0 Å². The predicted molar refractivity (Wildman–Crippen MR) is 85.4 cm³/mol. The van der Waals surface area contributed by atoms with Gasteiger partial charge in [0.2, 0.25) is 0 Å². The SMILES string of the molecule is Cn1ccnc1CNC(C)(CNC(=O)OC(C)(C)C)C1CC1. The number of aryl methyl sites for hydroxylation is 1. The molecule has 6 nitrogen and oxygen atoms in total. The van der Waals surface area contributed by atoms with Gasteiger partial charge < -0.3 is 19.9 Å². The van der Waals surface area contributed by atoms with Crippen LogP contribution in [-0.4, -0.2) is 33.3 Å². The van der Waals surface area contributed by atoms with Crippen LogP contribution in [0.4, 0.5) is 4.79 Å². The number of hydrogen-bond donors (Lipinski definition) is 2. The third kappa shape index (κ3) is 4.73. The average Bonchev–Trinajstić information content (AvgIpc) is 3.17. The van der Waals surface area contributed by atoms with Gasteiger partial charge >= 0.3 is 6.09 Å². The van der Waals surface area contributed by atoms with Crippen LogP contribution in [0.1, 0.15) is 46.4 Å². The molecule has 1 heterocycles. The van der Waals surface area contributed by atoms with Gasteiger partial charge in [0, 0.05) is 31.5 Å². The molecule has 1 aliphatic carbocycles. The summed E-state index contributed by atoms with van der Waals surface area (Å²) in [7, 11) is 1.98. The van der Waals surface area contributed by atoms with Crippen molar-refractivity contribution in [2.45, 2.75) is 58.2 Å². The Labute approximate surface area is 132 Å². The summed E-state index contributed by atoms with van der Waals surface area (Å²) in [4.78, 5) is 16.2. The Bertz CT molecular complexity index is 516. The van der Waals surface area contributed by atoms with Gasteiger partial charge in [-0.25, -0.2) is 9.78 Å². The van der Waals surface area contributed by atoms with Crippen LogP contribution in [-0.2, 0) is 18.3 Å². The second-order valence-electron chi connectivity index (χ2n) is 7.36. The van der Waals surface area contributed by atoms with Crippen molar-refractivity contribution in [2.75, 3.05) is 6.54 Å². The van der Waals surface area contributed by atoms with E-state index in [1.54, 1.807) is 6.20 Å². The molecule has 1 amide bonds. The van der Waals surface area contributed by atoms with Gasteiger partial charge in [-0.3, -0.25) is 0 Å². The molecule has 0 aromatic carbocycles. The van der Waals surface area contributed by atoms with Crippen LogP contribution in [0.15, 0.2) is 12.4 Å². The Morgan fingerprint density at radius 2 is 2.09 bits per heavy atom. The fourth-order valence-electron chi connectivity index (χ4n) is 2.49. The molecule has 1 aromatic heterocycles. The zero-order chi connectivity index (χ0) is 16.4. The van der Waals surface area contributed by atoms with Gasteiger partial charge in [0.05, 0.1) is 6.54 Å². The predicted octanol–water partition coefficient (Wildman–Crippen LogP) is 2.20. The first-order valence-corrected chi connectivity index (χ1v) is 7.88. The number of hydrogen-bond acceptors (Lipinski definition) is 4. The first-order valence-electron chi connectivity index (χ1n) is 7.88. The summed E-state index contributed by atoms with van der Waals surface area (Å²) in [6.45, 7) is 9.00. The van der Waals surface area contributed by atoms with Gasteiger partial charge in [-0.2, -0.15) is 0 Å². The van der Waals surface area contributed by atoms with Gasteiger partial charge in [0.15, 0.2) is 0 Å². The van der Waals surface area contributed by atoms with Crippen molar-refractivity contribution in [3.05, 3.63) is 18.2 Å². The monoisotopic (exact) mass is 308 g/mol. The highest BCUT2D eigenvalue weighted by molar-refractivity contribution is 5.67. The first kappa shape index (κ1) is 16.8. The van der Waals surface area contributed by atoms with E-state index in [9.17, 15) is 4.79 Å². The molecule has 0 radical (unpaired) electrons. The van der Waals surface area contributed by atoms with Crippen LogP contribution >= 0.6 is 0 Å². The number of carbonyl (C=O) groups is 1. The lowest BCUT2D eigenvalue weighted by molar-refractivity contribution is 0.0507. The molecule has 0 saturated heterocycles. The molecular weight excluding hydrogens is 280 g/mol. The summed E-state index contributed by atoms with van der Waals surface area (Å²) in [5.74, 6) is 1.58. The highest BCUT2D eigenvalue weighted by Crippen LogP contribution is 2.39. The number of alkyl carbamates (subject to hydrolysis) is 1. The second kappa shape index (κ2) is 6.28. The number of amides is 1. The maximum atomic E-state index is 11.9. The fraction of sp³-hybridized carbons (Fsp3) is 0.750. The minimum absolute atomic E-state index is 0.136. The highest BCUT2D eigenvalue weighted by Gasteiger charge is 2.41. The summed E-state index contributed by atoms with van der Waals surface area (Å²) in [5.41, 5.74) is -0.608. The van der Waals surface area contributed by atoms with Crippen molar-refractivity contribution < 1.29 is 9.53 Å². The Morgan fingerprint density at radius 3 is 2.59 bits per heavy atom. The van der Waals surface area contributed by atoms with Crippen molar-refractivity contribution in [3.8, 4) is 0 Å².